The summed E-state index contributed by atoms with van der Waals surface area (Å²) in [6.45, 7) is 0.602. The molecule has 0 radical (unpaired) electrons. The van der Waals surface area contributed by atoms with Crippen LogP contribution in [0.15, 0.2) is 16.3 Å². The van der Waals surface area contributed by atoms with E-state index in [1.807, 2.05) is 12.4 Å². The largest absolute Gasteiger partial charge is 0.315 e. The fourth-order valence-corrected chi connectivity index (χ4v) is 5.31. The fourth-order valence-electron chi connectivity index (χ4n) is 2.47. The Balaban J connectivity index is 2.26. The number of rotatable bonds is 5. The van der Waals surface area contributed by atoms with Crippen LogP contribution in [0.5, 0.6) is 0 Å². The van der Waals surface area contributed by atoms with Gasteiger partial charge in [0.05, 0.1) is 4.90 Å². The molecule has 1 aliphatic carbocycles. The van der Waals surface area contributed by atoms with Gasteiger partial charge in [0.15, 0.2) is 0 Å². The quantitative estimate of drug-likeness (QED) is 0.902. The Bertz CT molecular complexity index is 490. The van der Waals surface area contributed by atoms with Gasteiger partial charge in [0, 0.05) is 24.5 Å². The Kier molecular flexibility index (Phi) is 4.42. The van der Waals surface area contributed by atoms with E-state index in [-0.39, 0.29) is 6.04 Å². The van der Waals surface area contributed by atoms with Crippen molar-refractivity contribution in [3.8, 4) is 0 Å². The van der Waals surface area contributed by atoms with Crippen LogP contribution in [-0.2, 0) is 16.6 Å². The first-order valence-corrected chi connectivity index (χ1v) is 8.58. The number of hydrogen-bond acceptors (Lipinski definition) is 4. The van der Waals surface area contributed by atoms with Crippen molar-refractivity contribution in [1.29, 1.82) is 0 Å². The van der Waals surface area contributed by atoms with Crippen molar-refractivity contribution in [2.45, 2.75) is 43.2 Å². The van der Waals surface area contributed by atoms with Gasteiger partial charge in [0.2, 0.25) is 10.0 Å². The summed E-state index contributed by atoms with van der Waals surface area (Å²) in [6.07, 6.45) is 4.25. The van der Waals surface area contributed by atoms with E-state index in [9.17, 15) is 8.42 Å². The van der Waals surface area contributed by atoms with Crippen molar-refractivity contribution < 1.29 is 8.42 Å². The molecule has 1 N–H and O–H groups in total. The Morgan fingerprint density at radius 3 is 2.72 bits per heavy atom. The normalized spacial score (nSPS) is 17.7. The Morgan fingerprint density at radius 1 is 1.44 bits per heavy atom. The van der Waals surface area contributed by atoms with Crippen molar-refractivity contribution in [3.05, 3.63) is 16.3 Å². The van der Waals surface area contributed by atoms with Gasteiger partial charge < -0.3 is 5.32 Å². The molecule has 2 rings (SSSR count). The van der Waals surface area contributed by atoms with E-state index in [1.165, 1.54) is 11.3 Å². The van der Waals surface area contributed by atoms with E-state index in [0.717, 1.165) is 30.6 Å². The molecule has 102 valence electrons. The minimum Gasteiger partial charge on any atom is -0.315 e. The topological polar surface area (TPSA) is 49.4 Å². The van der Waals surface area contributed by atoms with Crippen LogP contribution >= 0.6 is 11.3 Å². The lowest BCUT2D eigenvalue weighted by atomic mass is 10.3. The third kappa shape index (κ3) is 2.61. The molecule has 0 atom stereocenters. The minimum atomic E-state index is -3.33. The number of sulfonamides is 1. The summed E-state index contributed by atoms with van der Waals surface area (Å²) in [5.74, 6) is 0. The highest BCUT2D eigenvalue weighted by molar-refractivity contribution is 7.89. The highest BCUT2D eigenvalue weighted by Gasteiger charge is 2.31. The van der Waals surface area contributed by atoms with Crippen LogP contribution in [0.2, 0.25) is 0 Å². The van der Waals surface area contributed by atoms with Crippen LogP contribution in [0.1, 0.15) is 30.6 Å². The molecule has 1 heterocycles. The molecule has 0 saturated heterocycles. The molecule has 1 fully saturated rings. The number of thiophene rings is 1. The molecule has 1 aliphatic rings. The Hall–Kier alpha value is -0.430. The Labute approximate surface area is 113 Å². The molecule has 18 heavy (non-hydrogen) atoms. The minimum absolute atomic E-state index is 0.178. The second kappa shape index (κ2) is 5.69. The number of hydrogen-bond donors (Lipinski definition) is 1. The summed E-state index contributed by atoms with van der Waals surface area (Å²) >= 11 is 1.49. The van der Waals surface area contributed by atoms with Crippen molar-refractivity contribution in [1.82, 2.24) is 9.62 Å². The second-order valence-corrected chi connectivity index (χ2v) is 7.66. The van der Waals surface area contributed by atoms with Gasteiger partial charge in [-0.2, -0.15) is 4.31 Å². The first kappa shape index (κ1) is 14.0. The van der Waals surface area contributed by atoms with Crippen LogP contribution < -0.4 is 5.32 Å². The van der Waals surface area contributed by atoms with Crippen LogP contribution in [0.3, 0.4) is 0 Å². The molecular formula is C12H20N2O2S2. The third-order valence-electron chi connectivity index (χ3n) is 3.54. The van der Waals surface area contributed by atoms with Crippen LogP contribution in [-0.4, -0.2) is 32.9 Å². The van der Waals surface area contributed by atoms with Crippen molar-refractivity contribution in [2.24, 2.45) is 0 Å². The molecule has 1 aromatic rings. The van der Waals surface area contributed by atoms with Gasteiger partial charge >= 0.3 is 0 Å². The lowest BCUT2D eigenvalue weighted by Crippen LogP contribution is -2.35. The summed E-state index contributed by atoms with van der Waals surface area (Å²) < 4.78 is 26.7. The fraction of sp³-hybridized carbons (Fsp3) is 0.667. The predicted molar refractivity (Wildman–Crippen MR) is 74.3 cm³/mol. The van der Waals surface area contributed by atoms with Crippen molar-refractivity contribution in [3.63, 3.8) is 0 Å². The average Bonchev–Trinajstić information content (AvgIpc) is 2.99. The summed E-state index contributed by atoms with van der Waals surface area (Å²) in [7, 11) is 0.216. The molecule has 0 spiro atoms. The highest BCUT2D eigenvalue weighted by Crippen LogP contribution is 2.30. The summed E-state index contributed by atoms with van der Waals surface area (Å²) in [4.78, 5) is 1.36. The average molecular weight is 288 g/mol. The molecule has 4 nitrogen and oxygen atoms in total. The van der Waals surface area contributed by atoms with Gasteiger partial charge in [-0.15, -0.1) is 11.3 Å². The van der Waals surface area contributed by atoms with Crippen LogP contribution in [0, 0.1) is 0 Å². The molecular weight excluding hydrogens is 268 g/mol. The van der Waals surface area contributed by atoms with E-state index in [4.69, 9.17) is 0 Å². The monoisotopic (exact) mass is 288 g/mol. The third-order valence-corrected chi connectivity index (χ3v) is 6.58. The SMILES string of the molecule is CNCc1sccc1S(=O)(=O)N(C)C1CCCC1. The zero-order chi connectivity index (χ0) is 13.2. The number of nitrogens with one attached hydrogen (secondary N) is 1. The lowest BCUT2D eigenvalue weighted by Gasteiger charge is -2.23. The molecule has 0 unspecified atom stereocenters. The van der Waals surface area contributed by atoms with Gasteiger partial charge in [0.1, 0.15) is 0 Å². The Morgan fingerprint density at radius 2 is 2.11 bits per heavy atom. The summed E-state index contributed by atoms with van der Waals surface area (Å²) in [6, 6.07) is 1.90. The molecule has 0 bridgehead atoms. The maximum absolute atomic E-state index is 12.6. The molecule has 6 heteroatoms. The first-order valence-electron chi connectivity index (χ1n) is 6.26. The summed E-state index contributed by atoms with van der Waals surface area (Å²) in [5, 5.41) is 4.87. The first-order chi connectivity index (χ1) is 8.57. The van der Waals surface area contributed by atoms with E-state index in [1.54, 1.807) is 17.4 Å². The summed E-state index contributed by atoms with van der Waals surface area (Å²) in [5.41, 5.74) is 0. The molecule has 0 amide bonds. The van der Waals surface area contributed by atoms with E-state index < -0.39 is 10.0 Å². The second-order valence-electron chi connectivity index (χ2n) is 4.70. The van der Waals surface area contributed by atoms with Gasteiger partial charge in [0.25, 0.3) is 0 Å². The highest BCUT2D eigenvalue weighted by atomic mass is 32.2. The maximum atomic E-state index is 12.6. The molecule has 1 saturated carbocycles. The van der Waals surface area contributed by atoms with Crippen LogP contribution in [0.4, 0.5) is 0 Å². The van der Waals surface area contributed by atoms with Gasteiger partial charge in [-0.1, -0.05) is 12.8 Å². The zero-order valence-electron chi connectivity index (χ0n) is 10.8. The van der Waals surface area contributed by atoms with Crippen LogP contribution in [0.25, 0.3) is 0 Å². The van der Waals surface area contributed by atoms with E-state index in [2.05, 4.69) is 5.32 Å². The van der Waals surface area contributed by atoms with Crippen molar-refractivity contribution >= 4 is 21.4 Å². The molecule has 0 aromatic carbocycles. The van der Waals surface area contributed by atoms with Gasteiger partial charge in [-0.05, 0) is 31.3 Å². The lowest BCUT2D eigenvalue weighted by molar-refractivity contribution is 0.373. The smallest absolute Gasteiger partial charge is 0.244 e. The van der Waals surface area contributed by atoms with Gasteiger partial charge in [-0.3, -0.25) is 0 Å². The van der Waals surface area contributed by atoms with E-state index in [0.29, 0.717) is 11.4 Å². The van der Waals surface area contributed by atoms with Gasteiger partial charge in [-0.25, -0.2) is 8.42 Å². The predicted octanol–water partition coefficient (Wildman–Crippen LogP) is 2.03. The van der Waals surface area contributed by atoms with Crippen molar-refractivity contribution in [2.75, 3.05) is 14.1 Å². The van der Waals surface area contributed by atoms with E-state index >= 15 is 0 Å². The molecule has 0 aliphatic heterocycles. The zero-order valence-corrected chi connectivity index (χ0v) is 12.5. The number of nitrogens with zero attached hydrogens (tertiary/aromatic N) is 1. The standard InChI is InChI=1S/C12H20N2O2S2/c1-13-9-11-12(7-8-17-11)18(15,16)14(2)10-5-3-4-6-10/h7-8,10,13H,3-6,9H2,1-2H3. The molecule has 1 aromatic heterocycles. The maximum Gasteiger partial charge on any atom is 0.244 e.